The molecule has 0 radical (unpaired) electrons. The summed E-state index contributed by atoms with van der Waals surface area (Å²) < 4.78 is 34.4. The van der Waals surface area contributed by atoms with E-state index in [1.54, 1.807) is 53.4 Å². The predicted molar refractivity (Wildman–Crippen MR) is 154 cm³/mol. The molecule has 1 aliphatic heterocycles. The van der Waals surface area contributed by atoms with Crippen molar-refractivity contribution in [2.24, 2.45) is 0 Å². The zero-order chi connectivity index (χ0) is 28.2. The minimum Gasteiger partial charge on any atom is -0.465 e. The molecule has 0 unspecified atom stereocenters. The Balaban J connectivity index is 1.59. The highest BCUT2D eigenvalue weighted by Crippen LogP contribution is 2.41. The van der Waals surface area contributed by atoms with Crippen LogP contribution in [0.2, 0.25) is 0 Å². The minimum absolute atomic E-state index is 0.0723. The zero-order valence-corrected chi connectivity index (χ0v) is 23.1. The van der Waals surface area contributed by atoms with Gasteiger partial charge in [-0.15, -0.1) is 0 Å². The van der Waals surface area contributed by atoms with Crippen molar-refractivity contribution in [3.63, 3.8) is 0 Å². The molecule has 40 heavy (non-hydrogen) atoms. The van der Waals surface area contributed by atoms with Gasteiger partial charge in [0.2, 0.25) is 0 Å². The number of hydrogen-bond acceptors (Lipinski definition) is 6. The molecule has 0 bridgehead atoms. The molecule has 2 heterocycles. The minimum atomic E-state index is -4.14. The number of fused-ring (bicyclic) bond motifs is 5. The molecular formula is C31H27N3O5S. The fourth-order valence-corrected chi connectivity index (χ4v) is 7.01. The number of hydrogen-bond donors (Lipinski definition) is 0. The third-order valence-electron chi connectivity index (χ3n) is 7.35. The van der Waals surface area contributed by atoms with Gasteiger partial charge in [-0.05, 0) is 47.5 Å². The number of carbonyl (C=O) groups excluding carboxylic acids is 2. The number of ether oxygens (including phenoxy) is 1. The molecule has 9 heteroatoms. The third-order valence-corrected chi connectivity index (χ3v) is 9.08. The number of aromatic nitrogens is 1. The van der Waals surface area contributed by atoms with Crippen LogP contribution in [-0.4, -0.2) is 50.4 Å². The lowest BCUT2D eigenvalue weighted by molar-refractivity contribution is 0.0602. The van der Waals surface area contributed by atoms with Crippen molar-refractivity contribution in [1.82, 2.24) is 8.87 Å². The van der Waals surface area contributed by atoms with E-state index in [-0.39, 0.29) is 28.4 Å². The normalized spacial score (nSPS) is 13.2. The monoisotopic (exact) mass is 553 g/mol. The molecule has 6 rings (SSSR count). The molecule has 0 aliphatic carbocycles. The highest BCUT2D eigenvalue weighted by molar-refractivity contribution is 7.90. The van der Waals surface area contributed by atoms with E-state index in [0.29, 0.717) is 34.0 Å². The van der Waals surface area contributed by atoms with Crippen molar-refractivity contribution in [3.8, 4) is 0 Å². The average molecular weight is 554 g/mol. The van der Waals surface area contributed by atoms with E-state index in [1.807, 2.05) is 43.3 Å². The Hall–Kier alpha value is -4.63. The topological polar surface area (TPSA) is 88.9 Å². The van der Waals surface area contributed by atoms with E-state index >= 15 is 0 Å². The van der Waals surface area contributed by atoms with Crippen molar-refractivity contribution in [2.45, 2.75) is 18.0 Å². The highest BCUT2D eigenvalue weighted by Gasteiger charge is 2.36. The molecule has 1 aliphatic rings. The summed E-state index contributed by atoms with van der Waals surface area (Å²) in [5, 5.41) is 1.01. The van der Waals surface area contributed by atoms with Crippen LogP contribution in [0.15, 0.2) is 89.8 Å². The Morgan fingerprint density at radius 2 is 1.62 bits per heavy atom. The van der Waals surface area contributed by atoms with E-state index in [0.717, 1.165) is 11.3 Å². The molecule has 0 spiro atoms. The number of carbonyl (C=O) groups is 2. The SMILES string of the molecule is COC(=O)c1cc2c(c3c4ccccc4n(S(=O)(=O)c4ccccc4)c13)C(=O)N(Cc1ccc(N(C)C)cc1)C2. The Morgan fingerprint density at radius 3 is 2.30 bits per heavy atom. The summed E-state index contributed by atoms with van der Waals surface area (Å²) in [5.41, 5.74) is 3.69. The second kappa shape index (κ2) is 9.53. The van der Waals surface area contributed by atoms with Gasteiger partial charge in [-0.25, -0.2) is 17.2 Å². The first-order chi connectivity index (χ1) is 19.2. The maximum Gasteiger partial charge on any atom is 0.340 e. The lowest BCUT2D eigenvalue weighted by atomic mass is 9.98. The maximum absolute atomic E-state index is 14.1. The van der Waals surface area contributed by atoms with Crippen LogP contribution in [0.3, 0.4) is 0 Å². The van der Waals surface area contributed by atoms with Gasteiger partial charge < -0.3 is 14.5 Å². The van der Waals surface area contributed by atoms with Gasteiger partial charge >= 0.3 is 5.97 Å². The molecule has 5 aromatic rings. The lowest BCUT2D eigenvalue weighted by Crippen LogP contribution is -2.23. The number of methoxy groups -OCH3 is 1. The molecular weight excluding hydrogens is 526 g/mol. The summed E-state index contributed by atoms with van der Waals surface area (Å²) in [5.74, 6) is -0.890. The summed E-state index contributed by atoms with van der Waals surface area (Å²) in [6, 6.07) is 24.6. The fraction of sp³-hybridized carbons (Fsp3) is 0.161. The zero-order valence-electron chi connectivity index (χ0n) is 22.3. The predicted octanol–water partition coefficient (Wildman–Crippen LogP) is 5.04. The fourth-order valence-electron chi connectivity index (χ4n) is 5.45. The van der Waals surface area contributed by atoms with Gasteiger partial charge in [0.15, 0.2) is 0 Å². The number of esters is 1. The molecule has 8 nitrogen and oxygen atoms in total. The van der Waals surface area contributed by atoms with E-state index in [1.165, 1.54) is 23.2 Å². The summed E-state index contributed by atoms with van der Waals surface area (Å²) in [7, 11) is 1.05. The van der Waals surface area contributed by atoms with Crippen molar-refractivity contribution < 1.29 is 22.7 Å². The largest absolute Gasteiger partial charge is 0.465 e. The van der Waals surface area contributed by atoms with Gasteiger partial charge in [0, 0.05) is 43.6 Å². The van der Waals surface area contributed by atoms with Crippen LogP contribution in [0.5, 0.6) is 0 Å². The third kappa shape index (κ3) is 3.93. The second-order valence-electron chi connectivity index (χ2n) is 10.00. The molecule has 202 valence electrons. The smallest absolute Gasteiger partial charge is 0.340 e. The molecule has 0 N–H and O–H groups in total. The average Bonchev–Trinajstić information content (AvgIpc) is 3.47. The molecule has 0 saturated carbocycles. The van der Waals surface area contributed by atoms with E-state index < -0.39 is 16.0 Å². The van der Waals surface area contributed by atoms with Crippen molar-refractivity contribution in [2.75, 3.05) is 26.1 Å². The van der Waals surface area contributed by atoms with E-state index in [9.17, 15) is 18.0 Å². The molecule has 4 aromatic carbocycles. The Bertz CT molecular complexity index is 1910. The Labute approximate surface area is 232 Å². The van der Waals surface area contributed by atoms with Crippen LogP contribution in [0.4, 0.5) is 5.69 Å². The van der Waals surface area contributed by atoms with Crippen molar-refractivity contribution >= 4 is 49.4 Å². The number of benzene rings is 4. The number of anilines is 1. The first-order valence-corrected chi connectivity index (χ1v) is 14.2. The molecule has 0 saturated heterocycles. The van der Waals surface area contributed by atoms with Crippen LogP contribution >= 0.6 is 0 Å². The molecule has 1 amide bonds. The number of amides is 1. The molecule has 0 atom stereocenters. The van der Waals surface area contributed by atoms with Crippen molar-refractivity contribution in [1.29, 1.82) is 0 Å². The van der Waals surface area contributed by atoms with Gasteiger partial charge in [0.05, 0.1) is 34.2 Å². The number of para-hydroxylation sites is 1. The number of rotatable bonds is 6. The Kier molecular flexibility index (Phi) is 6.11. The first-order valence-electron chi connectivity index (χ1n) is 12.8. The standard InChI is InChI=1S/C31H27N3O5S/c1-32(2)22-15-13-20(14-16-22)18-33-19-21-17-25(31(36)39-3)29-28(27(21)30(33)35)24-11-7-8-12-26(24)34(29)40(37,38)23-9-5-4-6-10-23/h4-17H,18-19H2,1-3H3. The van der Waals surface area contributed by atoms with Crippen molar-refractivity contribution in [3.05, 3.63) is 107 Å². The second-order valence-corrected chi connectivity index (χ2v) is 11.8. The van der Waals surface area contributed by atoms with Gasteiger partial charge in [0.1, 0.15) is 0 Å². The molecule has 0 fully saturated rings. The van der Waals surface area contributed by atoms with Gasteiger partial charge in [-0.2, -0.15) is 0 Å². The van der Waals surface area contributed by atoms with Crippen LogP contribution in [0, 0.1) is 0 Å². The maximum atomic E-state index is 14.1. The summed E-state index contributed by atoms with van der Waals surface area (Å²) in [4.78, 5) is 30.9. The van der Waals surface area contributed by atoms with E-state index in [2.05, 4.69) is 0 Å². The molecule has 1 aromatic heterocycles. The summed E-state index contributed by atoms with van der Waals surface area (Å²) in [6.45, 7) is 0.658. The van der Waals surface area contributed by atoms with Gasteiger partial charge in [-0.1, -0.05) is 48.5 Å². The van der Waals surface area contributed by atoms with Gasteiger partial charge in [-0.3, -0.25) is 4.79 Å². The van der Waals surface area contributed by atoms with Crippen LogP contribution in [0.25, 0.3) is 21.8 Å². The Morgan fingerprint density at radius 1 is 0.950 bits per heavy atom. The van der Waals surface area contributed by atoms with Crippen LogP contribution in [-0.2, 0) is 27.8 Å². The lowest BCUT2D eigenvalue weighted by Gasteiger charge is -2.17. The van der Waals surface area contributed by atoms with Crippen LogP contribution in [0.1, 0.15) is 31.8 Å². The van der Waals surface area contributed by atoms with Crippen LogP contribution < -0.4 is 4.90 Å². The quantitative estimate of drug-likeness (QED) is 0.274. The summed E-state index contributed by atoms with van der Waals surface area (Å²) >= 11 is 0. The first kappa shape index (κ1) is 25.6. The van der Waals surface area contributed by atoms with E-state index in [4.69, 9.17) is 4.74 Å². The highest BCUT2D eigenvalue weighted by atomic mass is 32.2. The number of nitrogens with zero attached hydrogens (tertiary/aromatic N) is 3. The summed E-state index contributed by atoms with van der Waals surface area (Å²) in [6.07, 6.45) is 0. The van der Waals surface area contributed by atoms with Gasteiger partial charge in [0.25, 0.3) is 15.9 Å².